The molecule has 0 atom stereocenters. The fourth-order valence-electron chi connectivity index (χ4n) is 4.47. The highest BCUT2D eigenvalue weighted by Crippen LogP contribution is 2.45. The van der Waals surface area contributed by atoms with E-state index >= 15 is 0 Å². The van der Waals surface area contributed by atoms with Crippen molar-refractivity contribution < 1.29 is 4.79 Å². The van der Waals surface area contributed by atoms with Crippen molar-refractivity contribution in [2.75, 3.05) is 6.54 Å². The summed E-state index contributed by atoms with van der Waals surface area (Å²) in [6, 6.07) is 0.756. The zero-order valence-electron chi connectivity index (χ0n) is 17.9. The van der Waals surface area contributed by atoms with Crippen LogP contribution < -0.4 is 10.7 Å². The summed E-state index contributed by atoms with van der Waals surface area (Å²) in [5, 5.41) is 15.7. The van der Waals surface area contributed by atoms with Gasteiger partial charge in [-0.25, -0.2) is 10.4 Å². The first-order valence-electron chi connectivity index (χ1n) is 11.4. The van der Waals surface area contributed by atoms with Crippen LogP contribution in [0.25, 0.3) is 6.08 Å². The van der Waals surface area contributed by atoms with E-state index in [-0.39, 0.29) is 5.91 Å². The van der Waals surface area contributed by atoms with Gasteiger partial charge in [0.2, 0.25) is 5.82 Å². The Morgan fingerprint density at radius 2 is 2.06 bits per heavy atom. The molecule has 31 heavy (non-hydrogen) atoms. The van der Waals surface area contributed by atoms with E-state index in [0.717, 1.165) is 24.7 Å². The number of nitrogens with one attached hydrogen (secondary N) is 3. The molecule has 2 aromatic heterocycles. The first kappa shape index (κ1) is 20.1. The lowest BCUT2D eigenvalue weighted by Gasteiger charge is -2.26. The van der Waals surface area contributed by atoms with Gasteiger partial charge in [-0.3, -0.25) is 4.79 Å². The number of amides is 1. The third kappa shape index (κ3) is 4.30. The minimum absolute atomic E-state index is 0.236. The van der Waals surface area contributed by atoms with Crippen LogP contribution in [-0.2, 0) is 11.2 Å². The third-order valence-electron chi connectivity index (χ3n) is 6.52. The third-order valence-corrected chi connectivity index (χ3v) is 6.52. The Labute approximate surface area is 182 Å². The van der Waals surface area contributed by atoms with Crippen molar-refractivity contribution in [2.45, 2.75) is 70.3 Å². The monoisotopic (exact) mass is 419 g/mol. The van der Waals surface area contributed by atoms with E-state index in [0.29, 0.717) is 23.0 Å². The van der Waals surface area contributed by atoms with Crippen molar-refractivity contribution >= 4 is 17.7 Å². The van der Waals surface area contributed by atoms with E-state index in [1.807, 2.05) is 6.08 Å². The Morgan fingerprint density at radius 3 is 2.77 bits per heavy atom. The second-order valence-electron chi connectivity index (χ2n) is 8.79. The molecular weight excluding hydrogens is 390 g/mol. The topological polar surface area (TPSA) is 108 Å². The van der Waals surface area contributed by atoms with Crippen LogP contribution in [0.1, 0.15) is 79.2 Å². The fourth-order valence-corrected chi connectivity index (χ4v) is 4.47. The number of nitrogens with zero attached hydrogens (tertiary/aromatic N) is 4. The van der Waals surface area contributed by atoms with E-state index in [4.69, 9.17) is 0 Å². The quantitative estimate of drug-likeness (QED) is 0.428. The standard InChI is InChI=1S/C23H29N7O/c1-14-17(7-2-3-10-24-16-5-4-6-16)20(15-8-9-15)19(27-14)13-18-21(28-30-23(18)31)22-25-11-12-26-29-22/h11-13,15-16,24,27H,2-10H2,1H3,(H,30,31). The summed E-state index contributed by atoms with van der Waals surface area (Å²) in [4.78, 5) is 20.2. The van der Waals surface area contributed by atoms with Gasteiger partial charge in [0.1, 0.15) is 5.71 Å². The molecule has 2 aromatic rings. The van der Waals surface area contributed by atoms with Crippen LogP contribution in [-0.4, -0.2) is 44.4 Å². The number of hydrogen-bond donors (Lipinski definition) is 3. The molecule has 3 N–H and O–H groups in total. The largest absolute Gasteiger partial charge is 0.359 e. The van der Waals surface area contributed by atoms with Gasteiger partial charge in [0.25, 0.3) is 5.91 Å². The highest BCUT2D eigenvalue weighted by atomic mass is 16.2. The molecule has 3 heterocycles. The van der Waals surface area contributed by atoms with Gasteiger partial charge in [0, 0.05) is 23.6 Å². The summed E-state index contributed by atoms with van der Waals surface area (Å²) in [5.41, 5.74) is 8.49. The fraction of sp³-hybridized carbons (Fsp3) is 0.522. The number of carbonyl (C=O) groups excluding carboxylic acids is 1. The molecule has 8 heteroatoms. The zero-order valence-corrected chi connectivity index (χ0v) is 17.9. The Morgan fingerprint density at radius 1 is 1.19 bits per heavy atom. The SMILES string of the molecule is Cc1[nH]c(C=C2C(=O)NN=C2c2nccnn2)c(C2CC2)c1CCCCNC1CCC1. The van der Waals surface area contributed by atoms with Gasteiger partial charge in [-0.2, -0.15) is 10.2 Å². The van der Waals surface area contributed by atoms with E-state index in [1.54, 1.807) is 6.20 Å². The van der Waals surface area contributed by atoms with Crippen LogP contribution >= 0.6 is 0 Å². The van der Waals surface area contributed by atoms with Gasteiger partial charge >= 0.3 is 0 Å². The highest BCUT2D eigenvalue weighted by molar-refractivity contribution is 6.32. The van der Waals surface area contributed by atoms with Crippen LogP contribution in [0.2, 0.25) is 0 Å². The molecule has 2 aliphatic carbocycles. The number of aryl methyl sites for hydroxylation is 1. The second kappa shape index (κ2) is 8.70. The Kier molecular flexibility index (Phi) is 5.63. The number of rotatable bonds is 9. The summed E-state index contributed by atoms with van der Waals surface area (Å²) in [6.45, 7) is 3.25. The number of hydrogen-bond acceptors (Lipinski definition) is 6. The average Bonchev–Trinajstić information content (AvgIpc) is 3.45. The van der Waals surface area contributed by atoms with Gasteiger partial charge in [0.15, 0.2) is 0 Å². The van der Waals surface area contributed by atoms with Crippen molar-refractivity contribution in [2.24, 2.45) is 5.10 Å². The number of aromatic amines is 1. The number of hydrazone groups is 1. The molecule has 0 spiro atoms. The van der Waals surface area contributed by atoms with E-state index in [9.17, 15) is 4.79 Å². The maximum atomic E-state index is 12.5. The minimum atomic E-state index is -0.236. The molecule has 2 fully saturated rings. The van der Waals surface area contributed by atoms with E-state index in [1.165, 1.54) is 68.0 Å². The lowest BCUT2D eigenvalue weighted by atomic mass is 9.93. The van der Waals surface area contributed by atoms with Crippen LogP contribution in [0.4, 0.5) is 0 Å². The number of aromatic nitrogens is 4. The van der Waals surface area contributed by atoms with Gasteiger partial charge in [-0.15, -0.1) is 5.10 Å². The first-order valence-corrected chi connectivity index (χ1v) is 11.4. The van der Waals surface area contributed by atoms with Crippen molar-refractivity contribution in [1.82, 2.24) is 30.9 Å². The maximum Gasteiger partial charge on any atom is 0.273 e. The summed E-state index contributed by atoms with van der Waals surface area (Å²) < 4.78 is 0. The van der Waals surface area contributed by atoms with Crippen molar-refractivity contribution in [3.8, 4) is 0 Å². The molecule has 3 aliphatic rings. The maximum absolute atomic E-state index is 12.5. The summed E-state index contributed by atoms with van der Waals surface area (Å²) in [5.74, 6) is 0.696. The summed E-state index contributed by atoms with van der Waals surface area (Å²) in [6.07, 6.45) is 14.9. The second-order valence-corrected chi connectivity index (χ2v) is 8.79. The molecule has 1 aliphatic heterocycles. The van der Waals surface area contributed by atoms with Gasteiger partial charge in [-0.05, 0) is 81.5 Å². The average molecular weight is 420 g/mol. The van der Waals surface area contributed by atoms with Crippen LogP contribution in [0.5, 0.6) is 0 Å². The molecule has 0 aromatic carbocycles. The first-order chi connectivity index (χ1) is 15.2. The molecule has 2 saturated carbocycles. The van der Waals surface area contributed by atoms with Crippen LogP contribution in [0.15, 0.2) is 23.1 Å². The van der Waals surface area contributed by atoms with Crippen molar-refractivity contribution in [3.63, 3.8) is 0 Å². The van der Waals surface area contributed by atoms with Gasteiger partial charge in [-0.1, -0.05) is 6.42 Å². The van der Waals surface area contributed by atoms with E-state index < -0.39 is 0 Å². The van der Waals surface area contributed by atoms with Gasteiger partial charge < -0.3 is 10.3 Å². The molecular formula is C23H29N7O. The normalized spacial score (nSPS) is 20.1. The number of unbranched alkanes of at least 4 members (excludes halogenated alkanes) is 1. The Balaban J connectivity index is 1.35. The molecule has 8 nitrogen and oxygen atoms in total. The van der Waals surface area contributed by atoms with Crippen molar-refractivity contribution in [3.05, 3.63) is 46.3 Å². The van der Waals surface area contributed by atoms with E-state index in [2.05, 4.69) is 42.9 Å². The number of carbonyl (C=O) groups is 1. The molecule has 0 bridgehead atoms. The number of H-pyrrole nitrogens is 1. The minimum Gasteiger partial charge on any atom is -0.359 e. The molecule has 162 valence electrons. The lowest BCUT2D eigenvalue weighted by Crippen LogP contribution is -2.35. The molecule has 5 rings (SSSR count). The highest BCUT2D eigenvalue weighted by Gasteiger charge is 2.32. The molecule has 0 unspecified atom stereocenters. The van der Waals surface area contributed by atoms with Crippen molar-refractivity contribution in [1.29, 1.82) is 0 Å². The smallest absolute Gasteiger partial charge is 0.273 e. The lowest BCUT2D eigenvalue weighted by molar-refractivity contribution is -0.116. The molecule has 0 radical (unpaired) electrons. The van der Waals surface area contributed by atoms with Crippen LogP contribution in [0.3, 0.4) is 0 Å². The van der Waals surface area contributed by atoms with Gasteiger partial charge in [0.05, 0.1) is 11.8 Å². The Hall–Kier alpha value is -2.87. The zero-order chi connectivity index (χ0) is 21.2. The predicted octanol–water partition coefficient (Wildman–Crippen LogP) is 2.77. The molecule has 1 amide bonds. The predicted molar refractivity (Wildman–Crippen MR) is 119 cm³/mol. The Bertz CT molecular complexity index is 1020. The summed E-state index contributed by atoms with van der Waals surface area (Å²) >= 11 is 0. The summed E-state index contributed by atoms with van der Waals surface area (Å²) in [7, 11) is 0. The van der Waals surface area contributed by atoms with Crippen LogP contribution in [0, 0.1) is 6.92 Å². The molecule has 0 saturated heterocycles.